The van der Waals surface area contributed by atoms with Crippen molar-refractivity contribution in [3.63, 3.8) is 0 Å². The number of nitrogens with two attached hydrogens (primary N) is 1. The van der Waals surface area contributed by atoms with Gasteiger partial charge in [-0.25, -0.2) is 0 Å². The highest BCUT2D eigenvalue weighted by atomic mass is 79.9. The lowest BCUT2D eigenvalue weighted by atomic mass is 10.2. The summed E-state index contributed by atoms with van der Waals surface area (Å²) in [6.07, 6.45) is 1.81. The summed E-state index contributed by atoms with van der Waals surface area (Å²) in [5.41, 5.74) is 8.99. The van der Waals surface area contributed by atoms with Gasteiger partial charge in [0.2, 0.25) is 0 Å². The minimum Gasteiger partial charge on any atom is -0.369 e. The van der Waals surface area contributed by atoms with Gasteiger partial charge in [-0.2, -0.15) is 0 Å². The quantitative estimate of drug-likeness (QED) is 0.944. The van der Waals surface area contributed by atoms with Gasteiger partial charge in [-0.1, -0.05) is 22.0 Å². The molecule has 0 fully saturated rings. The molecule has 0 aliphatic heterocycles. The highest BCUT2D eigenvalue weighted by Gasteiger charge is 2.05. The van der Waals surface area contributed by atoms with Crippen LogP contribution in [0.15, 0.2) is 47.1 Å². The lowest BCUT2D eigenvalue weighted by molar-refractivity contribution is 0.882. The Morgan fingerprint density at radius 2 is 2.11 bits per heavy atom. The molecule has 2 N–H and O–H groups in total. The normalized spacial score (nSPS) is 10.4. The van der Waals surface area contributed by atoms with Crippen LogP contribution in [0.3, 0.4) is 0 Å². The third kappa shape index (κ3) is 3.31. The van der Waals surface area contributed by atoms with Crippen molar-refractivity contribution in [1.82, 2.24) is 4.98 Å². The van der Waals surface area contributed by atoms with E-state index in [4.69, 9.17) is 5.73 Å². The van der Waals surface area contributed by atoms with Crippen LogP contribution in [0.25, 0.3) is 0 Å². The van der Waals surface area contributed by atoms with Gasteiger partial charge in [-0.05, 0) is 35.9 Å². The van der Waals surface area contributed by atoms with Gasteiger partial charge < -0.3 is 10.6 Å². The number of halogens is 1. The van der Waals surface area contributed by atoms with Crippen molar-refractivity contribution >= 4 is 21.6 Å². The molecule has 18 heavy (non-hydrogen) atoms. The monoisotopic (exact) mass is 305 g/mol. The van der Waals surface area contributed by atoms with E-state index < -0.39 is 0 Å². The topological polar surface area (TPSA) is 42.2 Å². The third-order valence-corrected chi connectivity index (χ3v) is 3.20. The molecule has 4 heteroatoms. The molecule has 94 valence electrons. The maximum Gasteiger partial charge on any atom is 0.0598 e. The van der Waals surface area contributed by atoms with Crippen molar-refractivity contribution < 1.29 is 0 Å². The second-order valence-electron chi connectivity index (χ2n) is 4.20. The first-order chi connectivity index (χ1) is 8.69. The maximum atomic E-state index is 5.69. The average molecular weight is 306 g/mol. The number of pyridine rings is 1. The summed E-state index contributed by atoms with van der Waals surface area (Å²) in [5.74, 6) is 0. The zero-order valence-corrected chi connectivity index (χ0v) is 11.9. The Morgan fingerprint density at radius 3 is 2.78 bits per heavy atom. The summed E-state index contributed by atoms with van der Waals surface area (Å²) in [4.78, 5) is 6.49. The van der Waals surface area contributed by atoms with Gasteiger partial charge in [0.1, 0.15) is 0 Å². The number of rotatable bonds is 4. The van der Waals surface area contributed by atoms with Gasteiger partial charge in [0.05, 0.1) is 12.2 Å². The van der Waals surface area contributed by atoms with Crippen LogP contribution in [0.4, 0.5) is 5.69 Å². The fraction of sp³-hybridized carbons (Fsp3) is 0.214. The van der Waals surface area contributed by atoms with Crippen LogP contribution in [-0.4, -0.2) is 12.0 Å². The Labute approximate surface area is 116 Å². The van der Waals surface area contributed by atoms with Crippen molar-refractivity contribution in [2.45, 2.75) is 13.1 Å². The summed E-state index contributed by atoms with van der Waals surface area (Å²) in [7, 11) is 2.05. The van der Waals surface area contributed by atoms with Crippen molar-refractivity contribution in [3.8, 4) is 0 Å². The standard InChI is InChI=1S/C14H16BrN3/c1-18(10-13-4-2-3-5-17-13)14-7-11(9-16)6-12(15)8-14/h2-8H,9-10,16H2,1H3. The second-order valence-corrected chi connectivity index (χ2v) is 5.11. The van der Waals surface area contributed by atoms with Crippen LogP contribution in [0, 0.1) is 0 Å². The molecule has 0 spiro atoms. The average Bonchev–Trinajstić information content (AvgIpc) is 2.39. The molecule has 0 atom stereocenters. The lowest BCUT2D eigenvalue weighted by Crippen LogP contribution is -2.17. The Bertz CT molecular complexity index is 514. The van der Waals surface area contributed by atoms with Crippen LogP contribution >= 0.6 is 15.9 Å². The lowest BCUT2D eigenvalue weighted by Gasteiger charge is -2.20. The van der Waals surface area contributed by atoms with E-state index in [9.17, 15) is 0 Å². The predicted molar refractivity (Wildman–Crippen MR) is 78.4 cm³/mol. The van der Waals surface area contributed by atoms with E-state index in [0.717, 1.165) is 28.0 Å². The van der Waals surface area contributed by atoms with E-state index in [2.05, 4.69) is 45.0 Å². The molecule has 1 aromatic carbocycles. The smallest absolute Gasteiger partial charge is 0.0598 e. The second kappa shape index (κ2) is 5.98. The molecular weight excluding hydrogens is 290 g/mol. The Balaban J connectivity index is 2.18. The fourth-order valence-electron chi connectivity index (χ4n) is 1.80. The van der Waals surface area contributed by atoms with Gasteiger partial charge in [0.15, 0.2) is 0 Å². The van der Waals surface area contributed by atoms with E-state index in [1.165, 1.54) is 0 Å². The van der Waals surface area contributed by atoms with Crippen molar-refractivity contribution in [2.24, 2.45) is 5.73 Å². The molecular formula is C14H16BrN3. The predicted octanol–water partition coefficient (Wildman–Crippen LogP) is 2.94. The molecule has 0 aliphatic carbocycles. The number of benzene rings is 1. The molecule has 1 aromatic heterocycles. The molecule has 2 aromatic rings. The summed E-state index contributed by atoms with van der Waals surface area (Å²) < 4.78 is 1.05. The largest absolute Gasteiger partial charge is 0.369 e. The van der Waals surface area contributed by atoms with Crippen LogP contribution in [0.5, 0.6) is 0 Å². The van der Waals surface area contributed by atoms with Gasteiger partial charge in [-0.3, -0.25) is 4.98 Å². The Kier molecular flexibility index (Phi) is 4.33. The SMILES string of the molecule is CN(Cc1ccccn1)c1cc(Br)cc(CN)c1. The Morgan fingerprint density at radius 1 is 1.28 bits per heavy atom. The van der Waals surface area contributed by atoms with Crippen LogP contribution in [0.1, 0.15) is 11.3 Å². The van der Waals surface area contributed by atoms with E-state index in [-0.39, 0.29) is 0 Å². The van der Waals surface area contributed by atoms with Crippen LogP contribution in [-0.2, 0) is 13.1 Å². The minimum absolute atomic E-state index is 0.546. The molecule has 1 heterocycles. The van der Waals surface area contributed by atoms with E-state index in [0.29, 0.717) is 6.54 Å². The van der Waals surface area contributed by atoms with Crippen molar-refractivity contribution in [2.75, 3.05) is 11.9 Å². The molecule has 3 nitrogen and oxygen atoms in total. The highest BCUT2D eigenvalue weighted by molar-refractivity contribution is 9.10. The molecule has 0 unspecified atom stereocenters. The zero-order valence-electron chi connectivity index (χ0n) is 10.3. The fourth-order valence-corrected chi connectivity index (χ4v) is 2.33. The first kappa shape index (κ1) is 13.1. The highest BCUT2D eigenvalue weighted by Crippen LogP contribution is 2.23. The van der Waals surface area contributed by atoms with Gasteiger partial charge in [0, 0.05) is 29.9 Å². The summed E-state index contributed by atoms with van der Waals surface area (Å²) in [6.45, 7) is 1.32. The van der Waals surface area contributed by atoms with Crippen molar-refractivity contribution in [3.05, 3.63) is 58.3 Å². The van der Waals surface area contributed by atoms with E-state index >= 15 is 0 Å². The number of hydrogen-bond acceptors (Lipinski definition) is 3. The summed E-state index contributed by atoms with van der Waals surface area (Å²) in [6, 6.07) is 12.2. The van der Waals surface area contributed by atoms with E-state index in [1.807, 2.05) is 30.5 Å². The molecule has 0 radical (unpaired) electrons. The van der Waals surface area contributed by atoms with Crippen LogP contribution in [0.2, 0.25) is 0 Å². The van der Waals surface area contributed by atoms with Gasteiger partial charge in [0.25, 0.3) is 0 Å². The third-order valence-electron chi connectivity index (χ3n) is 2.74. The van der Waals surface area contributed by atoms with E-state index in [1.54, 1.807) is 0 Å². The molecule has 0 aliphatic rings. The van der Waals surface area contributed by atoms with Gasteiger partial charge >= 0.3 is 0 Å². The molecule has 0 bridgehead atoms. The first-order valence-electron chi connectivity index (χ1n) is 5.79. The summed E-state index contributed by atoms with van der Waals surface area (Å²) in [5, 5.41) is 0. The maximum absolute atomic E-state index is 5.69. The number of anilines is 1. The Hall–Kier alpha value is -1.39. The van der Waals surface area contributed by atoms with Crippen molar-refractivity contribution in [1.29, 1.82) is 0 Å². The molecule has 0 saturated carbocycles. The van der Waals surface area contributed by atoms with Crippen LogP contribution < -0.4 is 10.6 Å². The number of hydrogen-bond donors (Lipinski definition) is 1. The molecule has 2 rings (SSSR count). The number of nitrogens with zero attached hydrogens (tertiary/aromatic N) is 2. The first-order valence-corrected chi connectivity index (χ1v) is 6.59. The molecule has 0 amide bonds. The summed E-state index contributed by atoms with van der Waals surface area (Å²) >= 11 is 3.51. The minimum atomic E-state index is 0.546. The number of aromatic nitrogens is 1. The van der Waals surface area contributed by atoms with Gasteiger partial charge in [-0.15, -0.1) is 0 Å². The molecule has 0 saturated heterocycles. The zero-order chi connectivity index (χ0) is 13.0.